The Morgan fingerprint density at radius 1 is 1.12 bits per heavy atom. The number of thioether (sulfide) groups is 1. The third-order valence-corrected chi connectivity index (χ3v) is 7.06. The third kappa shape index (κ3) is 6.78. The van der Waals surface area contributed by atoms with E-state index in [1.54, 1.807) is 32.0 Å². The number of furan rings is 1. The van der Waals surface area contributed by atoms with Gasteiger partial charge in [-0.15, -0.1) is 11.8 Å². The van der Waals surface area contributed by atoms with E-state index < -0.39 is 0 Å². The number of nitrogens with zero attached hydrogens (tertiary/aromatic N) is 5. The maximum Gasteiger partial charge on any atom is 2.00 e. The first-order valence-corrected chi connectivity index (χ1v) is 13.3. The topological polar surface area (TPSA) is 132 Å². The number of hydrogen-bond donors (Lipinski definition) is 1. The monoisotopic (exact) mass is 604 g/mol. The van der Waals surface area contributed by atoms with Crippen molar-refractivity contribution < 1.29 is 33.4 Å². The quantitative estimate of drug-likeness (QED) is 0.126. The molecule has 0 aliphatic heterocycles. The van der Waals surface area contributed by atoms with E-state index in [1.807, 2.05) is 48.0 Å². The molecule has 5 rings (SSSR count). The molecule has 0 saturated heterocycles. The smallest absolute Gasteiger partial charge is 0.512 e. The Morgan fingerprint density at radius 3 is 2.30 bits per heavy atom. The van der Waals surface area contributed by atoms with Gasteiger partial charge in [-0.3, -0.25) is 0 Å². The second-order valence-corrected chi connectivity index (χ2v) is 9.62. The predicted molar refractivity (Wildman–Crippen MR) is 147 cm³/mol. The van der Waals surface area contributed by atoms with Gasteiger partial charge < -0.3 is 42.9 Å². The number of benzene rings is 1. The molecule has 1 N–H and O–H groups in total. The van der Waals surface area contributed by atoms with Gasteiger partial charge in [-0.05, 0) is 67.5 Å². The van der Waals surface area contributed by atoms with E-state index in [2.05, 4.69) is 17.5 Å². The number of aryl methyl sites for hydroxylation is 1. The molecular formula is C29H28N6O3SZn. The summed E-state index contributed by atoms with van der Waals surface area (Å²) in [6.45, 7) is 11.5. The minimum atomic E-state index is -0.0457. The van der Waals surface area contributed by atoms with Crippen molar-refractivity contribution in [2.75, 3.05) is 25.8 Å². The van der Waals surface area contributed by atoms with Gasteiger partial charge in [0.05, 0.1) is 42.7 Å². The Kier molecular flexibility index (Phi) is 12.1. The molecular weight excluding hydrogens is 578 g/mol. The number of pyridine rings is 1. The number of hydrogen-bond acceptors (Lipinski definition) is 9. The Balaban J connectivity index is 0.00000107. The number of methoxy groups -OCH3 is 2. The van der Waals surface area contributed by atoms with E-state index in [0.717, 1.165) is 56.7 Å². The second kappa shape index (κ2) is 15.0. The summed E-state index contributed by atoms with van der Waals surface area (Å²) < 4.78 is 19.3. The van der Waals surface area contributed by atoms with Crippen molar-refractivity contribution in [3.8, 4) is 28.8 Å². The van der Waals surface area contributed by atoms with Crippen LogP contribution >= 0.6 is 11.8 Å². The molecule has 9 nitrogen and oxygen atoms in total. The summed E-state index contributed by atoms with van der Waals surface area (Å²) in [4.78, 5) is 0. The number of rotatable bonds is 9. The number of nitriles is 1. The normalized spacial score (nSPS) is 12.4. The van der Waals surface area contributed by atoms with E-state index in [9.17, 15) is 5.26 Å². The Labute approximate surface area is 251 Å². The van der Waals surface area contributed by atoms with E-state index in [-0.39, 0.29) is 25.5 Å². The summed E-state index contributed by atoms with van der Waals surface area (Å²) >= 11 is 1.59. The summed E-state index contributed by atoms with van der Waals surface area (Å²) in [7, 11) is 3.34. The van der Waals surface area contributed by atoms with Gasteiger partial charge >= 0.3 is 19.5 Å². The van der Waals surface area contributed by atoms with Crippen LogP contribution in [0.5, 0.6) is 11.5 Å². The molecule has 0 bridgehead atoms. The fourth-order valence-corrected chi connectivity index (χ4v) is 5.05. The Morgan fingerprint density at radius 2 is 1.77 bits per heavy atom. The van der Waals surface area contributed by atoms with Gasteiger partial charge in [0, 0.05) is 0 Å². The van der Waals surface area contributed by atoms with Gasteiger partial charge in [-0.1, -0.05) is 18.9 Å². The molecule has 40 heavy (non-hydrogen) atoms. The van der Waals surface area contributed by atoms with Gasteiger partial charge in [-0.2, -0.15) is 10.4 Å². The molecule has 1 unspecified atom stereocenters. The van der Waals surface area contributed by atoms with Crippen LogP contribution in [0.1, 0.15) is 42.4 Å². The molecule has 1 aromatic carbocycles. The van der Waals surface area contributed by atoms with E-state index >= 15 is 0 Å². The van der Waals surface area contributed by atoms with Gasteiger partial charge in [0.25, 0.3) is 0 Å². The number of fused-ring (bicyclic) bond motifs is 1. The van der Waals surface area contributed by atoms with Crippen molar-refractivity contribution in [3.63, 3.8) is 0 Å². The van der Waals surface area contributed by atoms with Crippen LogP contribution in [0.25, 0.3) is 16.8 Å². The number of aromatic nitrogens is 2. The second-order valence-electron chi connectivity index (χ2n) is 8.83. The first-order chi connectivity index (χ1) is 19.1. The number of nitrogens with one attached hydrogen (secondary N) is 1. The molecule has 200 valence electrons. The fraction of sp³-hybridized carbons (Fsp3) is 0.310. The first-order valence-electron chi connectivity index (χ1n) is 12.1. The van der Waals surface area contributed by atoms with Gasteiger partial charge in [0.2, 0.25) is 5.76 Å². The average molecular weight is 606 g/mol. The maximum absolute atomic E-state index is 9.25. The van der Waals surface area contributed by atoms with Crippen LogP contribution in [0.4, 0.5) is 5.69 Å². The van der Waals surface area contributed by atoms with Crippen LogP contribution in [-0.2, 0) is 19.5 Å². The number of ether oxygens (including phenoxy) is 2. The SMILES string of the molecule is COc1cc(C)cc(OC)c1-c1cccc2c(NC(CC3CC3)c3ccc(C#N)o3)c(SC)nn12.[C-]#N.[C-]#N.[Zn+2]. The molecule has 3 heterocycles. The molecule has 0 amide bonds. The molecule has 1 aliphatic rings. The molecule has 1 aliphatic carbocycles. The van der Waals surface area contributed by atoms with Crippen LogP contribution in [0.2, 0.25) is 0 Å². The van der Waals surface area contributed by atoms with Gasteiger partial charge in [0.1, 0.15) is 28.4 Å². The van der Waals surface area contributed by atoms with E-state index in [4.69, 9.17) is 42.7 Å². The van der Waals surface area contributed by atoms with Crippen molar-refractivity contribution in [2.45, 2.75) is 37.3 Å². The van der Waals surface area contributed by atoms with E-state index in [0.29, 0.717) is 11.7 Å². The zero-order chi connectivity index (χ0) is 28.5. The number of anilines is 1. The summed E-state index contributed by atoms with van der Waals surface area (Å²) in [6.07, 6.45) is 5.43. The minimum absolute atomic E-state index is 0. The summed E-state index contributed by atoms with van der Waals surface area (Å²) in [5, 5.41) is 31.3. The molecule has 1 saturated carbocycles. The third-order valence-electron chi connectivity index (χ3n) is 6.39. The molecule has 1 fully saturated rings. The Bertz CT molecular complexity index is 1490. The van der Waals surface area contributed by atoms with Crippen molar-refractivity contribution in [1.29, 1.82) is 15.8 Å². The molecule has 3 aromatic heterocycles. The summed E-state index contributed by atoms with van der Waals surface area (Å²) in [5.41, 5.74) is 4.69. The molecule has 11 heteroatoms. The zero-order valence-corrected chi connectivity index (χ0v) is 26.7. The minimum Gasteiger partial charge on any atom is -0.512 e. The first kappa shape index (κ1) is 32.2. The summed E-state index contributed by atoms with van der Waals surface area (Å²) in [5.74, 6) is 3.23. The van der Waals surface area contributed by atoms with Crippen molar-refractivity contribution in [2.24, 2.45) is 5.92 Å². The van der Waals surface area contributed by atoms with Crippen molar-refractivity contribution in [3.05, 3.63) is 72.7 Å². The average Bonchev–Trinajstić information content (AvgIpc) is 3.54. The van der Waals surface area contributed by atoms with Crippen LogP contribution in [0.15, 0.2) is 51.9 Å². The van der Waals surface area contributed by atoms with Crippen LogP contribution < -0.4 is 14.8 Å². The van der Waals surface area contributed by atoms with Crippen LogP contribution in [-0.4, -0.2) is 30.1 Å². The molecule has 1 atom stereocenters. The Hall–Kier alpha value is -3.97. The van der Waals surface area contributed by atoms with Crippen LogP contribution in [0.3, 0.4) is 0 Å². The van der Waals surface area contributed by atoms with Gasteiger partial charge in [0.15, 0.2) is 0 Å². The standard InChI is InChI=1S/C27H28N4O3S.2CN.Zn/c1-16-12-23(32-2)25(24(13-16)33-3)20-6-5-7-21-26(27(35-4)30-31(20)21)29-19(14-17-8-9-17)22-11-10-18(15-28)34-22;2*1-2;/h5-7,10-13,17,19,29H,8-9,14H2,1-4H3;;;/q;2*-1;+2. The van der Waals surface area contributed by atoms with Crippen molar-refractivity contribution in [1.82, 2.24) is 9.61 Å². The molecule has 4 aromatic rings. The maximum atomic E-state index is 9.25. The van der Waals surface area contributed by atoms with Crippen LogP contribution in [0, 0.1) is 47.8 Å². The molecule has 0 radical (unpaired) electrons. The van der Waals surface area contributed by atoms with E-state index in [1.165, 1.54) is 12.8 Å². The summed E-state index contributed by atoms with van der Waals surface area (Å²) in [6, 6.07) is 15.8. The largest absolute Gasteiger partial charge is 2.00 e. The predicted octanol–water partition coefficient (Wildman–Crippen LogP) is 6.66. The zero-order valence-electron chi connectivity index (χ0n) is 22.9. The van der Waals surface area contributed by atoms with Gasteiger partial charge in [-0.25, -0.2) is 4.52 Å². The van der Waals surface area contributed by atoms with Crippen molar-refractivity contribution >= 4 is 23.0 Å². The fourth-order valence-electron chi connectivity index (χ4n) is 4.52. The molecule has 0 spiro atoms.